The summed E-state index contributed by atoms with van der Waals surface area (Å²) < 4.78 is 41.4. The molecule has 0 aliphatic heterocycles. The molecule has 4 rings (SSSR count). The van der Waals surface area contributed by atoms with Gasteiger partial charge in [-0.25, -0.2) is 0 Å². The Morgan fingerprint density at radius 1 is 0.720 bits per heavy atom. The summed E-state index contributed by atoms with van der Waals surface area (Å²) in [6.07, 6.45) is -4.28. The Morgan fingerprint density at radius 2 is 1.36 bits per heavy atom. The summed E-state index contributed by atoms with van der Waals surface area (Å²) >= 11 is 0. The first-order valence-corrected chi connectivity index (χ1v) is 7.97. The topological polar surface area (TPSA) is 20.2 Å². The molecular weight excluding hydrogens is 325 g/mol. The number of alkyl halides is 3. The molecule has 1 aliphatic carbocycles. The van der Waals surface area contributed by atoms with Gasteiger partial charge < -0.3 is 5.11 Å². The van der Waals surface area contributed by atoms with Crippen molar-refractivity contribution < 1.29 is 18.3 Å². The number of aliphatic hydroxyl groups is 1. The molecule has 1 N–H and O–H groups in total. The van der Waals surface area contributed by atoms with E-state index in [9.17, 15) is 18.3 Å². The van der Waals surface area contributed by atoms with E-state index in [2.05, 4.69) is 0 Å². The molecule has 0 bridgehead atoms. The van der Waals surface area contributed by atoms with Crippen molar-refractivity contribution in [3.63, 3.8) is 0 Å². The van der Waals surface area contributed by atoms with Crippen LogP contribution in [0.3, 0.4) is 0 Å². The van der Waals surface area contributed by atoms with E-state index in [1.54, 1.807) is 18.2 Å². The van der Waals surface area contributed by atoms with E-state index in [1.165, 1.54) is 18.2 Å². The number of hydrogen-bond donors (Lipinski definition) is 1. The van der Waals surface area contributed by atoms with Gasteiger partial charge in [-0.1, -0.05) is 72.8 Å². The lowest BCUT2D eigenvalue weighted by Crippen LogP contribution is -2.41. The predicted molar refractivity (Wildman–Crippen MR) is 90.2 cm³/mol. The Morgan fingerprint density at radius 3 is 2.08 bits per heavy atom. The van der Waals surface area contributed by atoms with Gasteiger partial charge in [0.1, 0.15) is 0 Å². The number of fused-ring (bicyclic) bond motifs is 3. The van der Waals surface area contributed by atoms with Crippen molar-refractivity contribution in [2.75, 3.05) is 0 Å². The molecule has 3 aromatic rings. The first-order valence-electron chi connectivity index (χ1n) is 7.97. The molecule has 3 aromatic carbocycles. The Kier molecular flexibility index (Phi) is 3.48. The molecule has 0 spiro atoms. The lowest BCUT2D eigenvalue weighted by atomic mass is 9.89. The summed E-state index contributed by atoms with van der Waals surface area (Å²) in [6, 6.07) is 20.7. The van der Waals surface area contributed by atoms with Gasteiger partial charge in [0.2, 0.25) is 5.60 Å². The normalized spacial score (nSPS) is 18.7. The third-order valence-corrected chi connectivity index (χ3v) is 4.74. The maximum Gasteiger partial charge on any atom is 0.425 e. The smallest absolute Gasteiger partial charge is 0.372 e. The maximum absolute atomic E-state index is 13.8. The second-order valence-electron chi connectivity index (χ2n) is 6.30. The average molecular weight is 340 g/mol. The molecule has 0 heterocycles. The van der Waals surface area contributed by atoms with E-state index in [1.807, 2.05) is 36.4 Å². The van der Waals surface area contributed by atoms with Crippen LogP contribution >= 0.6 is 0 Å². The number of rotatable bonds is 2. The maximum atomic E-state index is 13.8. The molecule has 4 heteroatoms. The fourth-order valence-electron chi connectivity index (χ4n) is 3.55. The Hall–Kier alpha value is -2.59. The van der Waals surface area contributed by atoms with Crippen LogP contribution in [0.2, 0.25) is 0 Å². The molecule has 0 fully saturated rings. The van der Waals surface area contributed by atoms with Crippen molar-refractivity contribution >= 4 is 0 Å². The highest BCUT2D eigenvalue weighted by atomic mass is 19.4. The van der Waals surface area contributed by atoms with E-state index >= 15 is 0 Å². The number of halogens is 3. The number of hydrogen-bond acceptors (Lipinski definition) is 1. The molecule has 25 heavy (non-hydrogen) atoms. The van der Waals surface area contributed by atoms with Crippen LogP contribution in [0.25, 0.3) is 11.1 Å². The van der Waals surface area contributed by atoms with Gasteiger partial charge in [-0.05, 0) is 28.7 Å². The molecule has 0 saturated carbocycles. The van der Waals surface area contributed by atoms with Gasteiger partial charge in [0.05, 0.1) is 0 Å². The summed E-state index contributed by atoms with van der Waals surface area (Å²) in [7, 11) is 0. The molecule has 0 saturated heterocycles. The first-order chi connectivity index (χ1) is 11.9. The van der Waals surface area contributed by atoms with Crippen molar-refractivity contribution in [2.45, 2.75) is 18.2 Å². The van der Waals surface area contributed by atoms with E-state index in [-0.39, 0.29) is 11.1 Å². The van der Waals surface area contributed by atoms with Crippen LogP contribution in [0.5, 0.6) is 0 Å². The minimum Gasteiger partial charge on any atom is -0.372 e. The van der Waals surface area contributed by atoms with Crippen LogP contribution in [0.4, 0.5) is 13.2 Å². The summed E-state index contributed by atoms with van der Waals surface area (Å²) in [5, 5.41) is 10.7. The van der Waals surface area contributed by atoms with Gasteiger partial charge in [0.15, 0.2) is 0 Å². The van der Waals surface area contributed by atoms with Gasteiger partial charge in [-0.15, -0.1) is 0 Å². The van der Waals surface area contributed by atoms with E-state index in [4.69, 9.17) is 0 Å². The quantitative estimate of drug-likeness (QED) is 0.692. The third-order valence-electron chi connectivity index (χ3n) is 4.74. The summed E-state index contributed by atoms with van der Waals surface area (Å²) in [6.45, 7) is 0. The van der Waals surface area contributed by atoms with Gasteiger partial charge in [-0.3, -0.25) is 0 Å². The predicted octanol–water partition coefficient (Wildman–Crippen LogP) is 5.06. The van der Waals surface area contributed by atoms with Crippen molar-refractivity contribution in [3.8, 4) is 11.1 Å². The largest absolute Gasteiger partial charge is 0.425 e. The van der Waals surface area contributed by atoms with Crippen LogP contribution in [0, 0.1) is 0 Å². The highest BCUT2D eigenvalue weighted by Crippen LogP contribution is 2.55. The van der Waals surface area contributed by atoms with Crippen molar-refractivity contribution in [3.05, 3.63) is 95.1 Å². The van der Waals surface area contributed by atoms with E-state index in [0.29, 0.717) is 17.5 Å². The summed E-state index contributed by atoms with van der Waals surface area (Å²) in [4.78, 5) is 0. The van der Waals surface area contributed by atoms with Crippen LogP contribution in [0.1, 0.15) is 22.3 Å². The Bertz CT molecular complexity index is 931. The third kappa shape index (κ3) is 2.36. The van der Waals surface area contributed by atoms with Gasteiger partial charge in [-0.2, -0.15) is 13.2 Å². The molecule has 0 radical (unpaired) electrons. The lowest BCUT2D eigenvalue weighted by Gasteiger charge is -2.28. The molecule has 1 aliphatic rings. The fraction of sp³-hybridized carbons (Fsp3) is 0.143. The lowest BCUT2D eigenvalue weighted by molar-refractivity contribution is -0.246. The highest BCUT2D eigenvalue weighted by molar-refractivity contribution is 5.81. The monoisotopic (exact) mass is 340 g/mol. The summed E-state index contributed by atoms with van der Waals surface area (Å²) in [5.74, 6) is 0. The molecule has 1 atom stereocenters. The van der Waals surface area contributed by atoms with Crippen LogP contribution in [0.15, 0.2) is 72.8 Å². The zero-order chi connectivity index (χ0) is 17.7. The van der Waals surface area contributed by atoms with Gasteiger partial charge >= 0.3 is 6.18 Å². The molecule has 0 aromatic heterocycles. The van der Waals surface area contributed by atoms with Crippen molar-refractivity contribution in [1.82, 2.24) is 0 Å². The fourth-order valence-corrected chi connectivity index (χ4v) is 3.55. The molecule has 0 amide bonds. The van der Waals surface area contributed by atoms with Gasteiger partial charge in [0, 0.05) is 11.1 Å². The number of benzene rings is 3. The Labute approximate surface area is 143 Å². The minimum absolute atomic E-state index is 0.0883. The first kappa shape index (κ1) is 15.9. The van der Waals surface area contributed by atoms with Crippen LogP contribution in [-0.4, -0.2) is 11.3 Å². The van der Waals surface area contributed by atoms with Crippen molar-refractivity contribution in [1.29, 1.82) is 0 Å². The van der Waals surface area contributed by atoms with E-state index < -0.39 is 11.8 Å². The summed E-state index contributed by atoms with van der Waals surface area (Å²) in [5.41, 5.74) is -0.542. The standard InChI is InChI=1S/C21H15F3O/c22-21(23,24)20(25)18-9-5-4-8-16(18)17-11-10-15(13-19(17)20)12-14-6-2-1-3-7-14/h1-11,13,25H,12H2. The average Bonchev–Trinajstić information content (AvgIpc) is 2.86. The molecule has 1 unspecified atom stereocenters. The second kappa shape index (κ2) is 5.46. The zero-order valence-corrected chi connectivity index (χ0v) is 13.2. The van der Waals surface area contributed by atoms with Crippen LogP contribution < -0.4 is 0 Å². The highest BCUT2D eigenvalue weighted by Gasteiger charge is 2.60. The van der Waals surface area contributed by atoms with Crippen molar-refractivity contribution in [2.24, 2.45) is 0 Å². The van der Waals surface area contributed by atoms with Crippen LogP contribution in [-0.2, 0) is 12.0 Å². The minimum atomic E-state index is -4.79. The molecular formula is C21H15F3O. The zero-order valence-electron chi connectivity index (χ0n) is 13.2. The Balaban J connectivity index is 1.87. The SMILES string of the molecule is OC1(C(F)(F)F)c2ccccc2-c2ccc(Cc3ccccc3)cc21. The second-order valence-corrected chi connectivity index (χ2v) is 6.30. The van der Waals surface area contributed by atoms with Gasteiger partial charge in [0.25, 0.3) is 0 Å². The molecule has 126 valence electrons. The van der Waals surface area contributed by atoms with E-state index in [0.717, 1.165) is 11.1 Å². The molecule has 1 nitrogen and oxygen atoms in total.